The van der Waals surface area contributed by atoms with Gasteiger partial charge >= 0.3 is 0 Å². The molecule has 0 N–H and O–H groups in total. The van der Waals surface area contributed by atoms with Gasteiger partial charge in [0.05, 0.1) is 38.6 Å². The molecular formula is C60H35N3O. The summed E-state index contributed by atoms with van der Waals surface area (Å²) in [6, 6.07) is 77.8. The van der Waals surface area contributed by atoms with Gasteiger partial charge < -0.3 is 18.0 Å². The van der Waals surface area contributed by atoms with E-state index >= 15 is 0 Å². The van der Waals surface area contributed by atoms with Crippen LogP contribution in [0.25, 0.3) is 137 Å². The zero-order valence-corrected chi connectivity index (χ0v) is 34.5. The first-order valence-corrected chi connectivity index (χ1v) is 22.0. The molecule has 0 aliphatic heterocycles. The Labute approximate surface area is 366 Å². The van der Waals surface area contributed by atoms with E-state index < -0.39 is 0 Å². The molecule has 0 fully saturated rings. The van der Waals surface area contributed by atoms with E-state index in [4.69, 9.17) is 4.42 Å². The number of para-hydroxylation sites is 5. The predicted octanol–water partition coefficient (Wildman–Crippen LogP) is 16.3. The molecule has 0 saturated heterocycles. The van der Waals surface area contributed by atoms with Gasteiger partial charge in [-0.15, -0.1) is 0 Å². The van der Waals surface area contributed by atoms with Gasteiger partial charge in [-0.05, 0) is 107 Å². The van der Waals surface area contributed by atoms with E-state index in [0.717, 1.165) is 33.3 Å². The lowest BCUT2D eigenvalue weighted by Crippen LogP contribution is -1.94. The number of furan rings is 1. The normalized spacial score (nSPS) is 12.4. The molecule has 0 spiro atoms. The predicted molar refractivity (Wildman–Crippen MR) is 268 cm³/mol. The van der Waals surface area contributed by atoms with Crippen LogP contribution < -0.4 is 0 Å². The molecule has 0 unspecified atom stereocenters. The van der Waals surface area contributed by atoms with Crippen LogP contribution in [0.15, 0.2) is 217 Å². The van der Waals surface area contributed by atoms with E-state index in [1.54, 1.807) is 0 Å². The van der Waals surface area contributed by atoms with Gasteiger partial charge in [0.2, 0.25) is 0 Å². The molecule has 296 valence electrons. The van der Waals surface area contributed by atoms with Crippen LogP contribution in [-0.4, -0.2) is 13.5 Å². The number of nitrogens with zero attached hydrogens (tertiary/aromatic N) is 3. The van der Waals surface area contributed by atoms with Gasteiger partial charge in [-0.25, -0.2) is 0 Å². The van der Waals surface area contributed by atoms with Crippen molar-refractivity contribution in [1.82, 2.24) is 13.5 Å². The Morgan fingerprint density at radius 1 is 0.250 bits per heavy atom. The largest absolute Gasteiger partial charge is 0.456 e. The molecule has 0 amide bonds. The Bertz CT molecular complexity index is 4420. The number of aromatic nitrogens is 3. The molecule has 4 nitrogen and oxygen atoms in total. The molecule has 5 aromatic heterocycles. The third-order valence-electron chi connectivity index (χ3n) is 14.0. The molecule has 0 aliphatic carbocycles. The van der Waals surface area contributed by atoms with Crippen LogP contribution >= 0.6 is 0 Å². The number of hydrogen-bond donors (Lipinski definition) is 0. The van der Waals surface area contributed by atoms with Crippen LogP contribution in [0.4, 0.5) is 0 Å². The molecule has 15 aromatic rings. The summed E-state index contributed by atoms with van der Waals surface area (Å²) in [4.78, 5) is 0. The van der Waals surface area contributed by atoms with Crippen LogP contribution in [0.1, 0.15) is 0 Å². The summed E-state index contributed by atoms with van der Waals surface area (Å²) in [7, 11) is 0. The molecule has 64 heavy (non-hydrogen) atoms. The van der Waals surface area contributed by atoms with Gasteiger partial charge in [0, 0.05) is 65.2 Å². The highest BCUT2D eigenvalue weighted by molar-refractivity contribution is 6.23. The fourth-order valence-corrected chi connectivity index (χ4v) is 11.1. The van der Waals surface area contributed by atoms with E-state index in [9.17, 15) is 0 Å². The molecular weight excluding hydrogens is 779 g/mol. The second kappa shape index (κ2) is 12.5. The molecule has 10 aromatic carbocycles. The highest BCUT2D eigenvalue weighted by Gasteiger charge is 2.20. The van der Waals surface area contributed by atoms with Crippen LogP contribution in [0, 0.1) is 0 Å². The van der Waals surface area contributed by atoms with Crippen LogP contribution in [0.3, 0.4) is 0 Å². The SMILES string of the molecule is c1ccc2c(c1)oc1ccc(-n3c4ccccc4c4cc(-c5ccc6c(c5)c5ccccc5n6-c5ccc(-c6ccc7c8cccc9c%10ccccc%10n(c7c6)c98)cc5)ccc43)cc12. The van der Waals surface area contributed by atoms with E-state index in [-0.39, 0.29) is 0 Å². The summed E-state index contributed by atoms with van der Waals surface area (Å²) in [6.07, 6.45) is 0. The lowest BCUT2D eigenvalue weighted by Gasteiger charge is -2.11. The Kier molecular flexibility index (Phi) is 6.65. The first kappa shape index (κ1) is 34.0. The van der Waals surface area contributed by atoms with Crippen molar-refractivity contribution in [2.24, 2.45) is 0 Å². The molecule has 0 radical (unpaired) electrons. The average Bonchev–Trinajstić information content (AvgIpc) is 4.16. The zero-order chi connectivity index (χ0) is 41.6. The summed E-state index contributed by atoms with van der Waals surface area (Å²) in [5, 5.41) is 12.4. The van der Waals surface area contributed by atoms with Crippen molar-refractivity contribution >= 4 is 104 Å². The first-order valence-electron chi connectivity index (χ1n) is 22.0. The van der Waals surface area contributed by atoms with Gasteiger partial charge in [0.1, 0.15) is 11.2 Å². The Balaban J connectivity index is 0.832. The molecule has 0 saturated carbocycles. The van der Waals surface area contributed by atoms with Crippen molar-refractivity contribution < 1.29 is 4.42 Å². The first-order chi connectivity index (χ1) is 31.7. The van der Waals surface area contributed by atoms with Crippen molar-refractivity contribution in [3.8, 4) is 33.6 Å². The van der Waals surface area contributed by atoms with E-state index in [1.165, 1.54) is 104 Å². The Morgan fingerprint density at radius 2 is 0.719 bits per heavy atom. The Hall–Kier alpha value is -8.60. The van der Waals surface area contributed by atoms with E-state index in [2.05, 4.69) is 214 Å². The third kappa shape index (κ3) is 4.56. The summed E-state index contributed by atoms with van der Waals surface area (Å²) in [6.45, 7) is 0. The zero-order valence-electron chi connectivity index (χ0n) is 34.5. The van der Waals surface area contributed by atoms with Crippen molar-refractivity contribution in [2.75, 3.05) is 0 Å². The third-order valence-corrected chi connectivity index (χ3v) is 14.0. The standard InChI is InChI=1S/C60H35N3O/c1-7-18-54-42(10-1)47-14-9-15-48-45-28-22-39(34-57(45)63(54)60(47)48)36-20-25-40(26-21-36)61-52-16-5-2-11-43(52)49-32-37(23-29-55(49)61)38-24-30-56-50(33-38)44-12-3-6-17-53(44)62(56)41-27-31-59-51(35-41)46-13-4-8-19-58(46)64-59/h1-35H. The highest BCUT2D eigenvalue weighted by Crippen LogP contribution is 2.42. The summed E-state index contributed by atoms with van der Waals surface area (Å²) >= 11 is 0. The minimum atomic E-state index is 0.903. The maximum atomic E-state index is 6.19. The molecule has 5 heterocycles. The topological polar surface area (TPSA) is 27.4 Å². The van der Waals surface area contributed by atoms with Crippen molar-refractivity contribution in [3.05, 3.63) is 212 Å². The maximum absolute atomic E-state index is 6.19. The van der Waals surface area contributed by atoms with Crippen molar-refractivity contribution in [3.63, 3.8) is 0 Å². The van der Waals surface area contributed by atoms with Gasteiger partial charge in [-0.1, -0.05) is 127 Å². The van der Waals surface area contributed by atoms with Crippen molar-refractivity contribution in [1.29, 1.82) is 0 Å². The van der Waals surface area contributed by atoms with Gasteiger partial charge in [0.15, 0.2) is 0 Å². The number of hydrogen-bond acceptors (Lipinski definition) is 1. The fourth-order valence-electron chi connectivity index (χ4n) is 11.1. The quantitative estimate of drug-likeness (QED) is 0.174. The van der Waals surface area contributed by atoms with Gasteiger partial charge in [-0.3, -0.25) is 0 Å². The molecule has 0 aliphatic rings. The van der Waals surface area contributed by atoms with Crippen LogP contribution in [0.2, 0.25) is 0 Å². The second-order valence-corrected chi connectivity index (χ2v) is 17.3. The Morgan fingerprint density at radius 3 is 1.41 bits per heavy atom. The monoisotopic (exact) mass is 813 g/mol. The minimum absolute atomic E-state index is 0.903. The van der Waals surface area contributed by atoms with Crippen LogP contribution in [0.5, 0.6) is 0 Å². The van der Waals surface area contributed by atoms with Crippen molar-refractivity contribution in [2.45, 2.75) is 0 Å². The van der Waals surface area contributed by atoms with E-state index in [0.29, 0.717) is 0 Å². The smallest absolute Gasteiger partial charge is 0.135 e. The summed E-state index contributed by atoms with van der Waals surface area (Å²) in [5.74, 6) is 0. The summed E-state index contributed by atoms with van der Waals surface area (Å²) < 4.78 is 13.5. The molecule has 0 bridgehead atoms. The fraction of sp³-hybridized carbons (Fsp3) is 0. The van der Waals surface area contributed by atoms with Crippen LogP contribution in [-0.2, 0) is 0 Å². The lowest BCUT2D eigenvalue weighted by atomic mass is 10.0. The number of fused-ring (bicyclic) bond motifs is 15. The average molecular weight is 814 g/mol. The summed E-state index contributed by atoms with van der Waals surface area (Å²) in [5.41, 5.74) is 17.4. The number of benzene rings is 10. The minimum Gasteiger partial charge on any atom is -0.456 e. The molecule has 15 rings (SSSR count). The van der Waals surface area contributed by atoms with Gasteiger partial charge in [0.25, 0.3) is 0 Å². The molecule has 4 heteroatoms. The lowest BCUT2D eigenvalue weighted by molar-refractivity contribution is 0.669. The van der Waals surface area contributed by atoms with Gasteiger partial charge in [-0.2, -0.15) is 0 Å². The maximum Gasteiger partial charge on any atom is 0.135 e. The highest BCUT2D eigenvalue weighted by atomic mass is 16.3. The molecule has 0 atom stereocenters. The second-order valence-electron chi connectivity index (χ2n) is 17.3. The van der Waals surface area contributed by atoms with E-state index in [1.807, 2.05) is 12.1 Å². The number of rotatable bonds is 4.